The SMILES string of the molecule is CCc1oc(C(=O)NC2CCc3cc(Cl)ccc32)cc1C(=O)O. The summed E-state index contributed by atoms with van der Waals surface area (Å²) in [5, 5.41) is 12.7. The molecule has 0 radical (unpaired) electrons. The summed E-state index contributed by atoms with van der Waals surface area (Å²) >= 11 is 5.98. The summed E-state index contributed by atoms with van der Waals surface area (Å²) < 4.78 is 5.39. The molecule has 2 aromatic rings. The van der Waals surface area contributed by atoms with E-state index in [1.54, 1.807) is 13.0 Å². The maximum Gasteiger partial charge on any atom is 0.339 e. The number of halogens is 1. The van der Waals surface area contributed by atoms with Crippen molar-refractivity contribution < 1.29 is 19.1 Å². The molecule has 1 aliphatic rings. The Morgan fingerprint density at radius 1 is 1.39 bits per heavy atom. The third-order valence-electron chi connectivity index (χ3n) is 4.07. The second kappa shape index (κ2) is 6.08. The molecule has 0 saturated heterocycles. The maximum absolute atomic E-state index is 12.4. The van der Waals surface area contributed by atoms with E-state index in [1.165, 1.54) is 6.07 Å². The number of fused-ring (bicyclic) bond motifs is 1. The van der Waals surface area contributed by atoms with Gasteiger partial charge < -0.3 is 14.8 Å². The predicted octanol–water partition coefficient (Wildman–Crippen LogP) is 3.61. The molecule has 1 heterocycles. The van der Waals surface area contributed by atoms with Crippen LogP contribution in [-0.2, 0) is 12.8 Å². The van der Waals surface area contributed by atoms with E-state index in [0.717, 1.165) is 24.0 Å². The minimum absolute atomic E-state index is 0.0293. The van der Waals surface area contributed by atoms with Crippen LogP contribution < -0.4 is 5.32 Å². The van der Waals surface area contributed by atoms with Crippen LogP contribution in [0, 0.1) is 0 Å². The fourth-order valence-corrected chi connectivity index (χ4v) is 3.14. The van der Waals surface area contributed by atoms with Gasteiger partial charge in [-0.3, -0.25) is 4.79 Å². The van der Waals surface area contributed by atoms with Crippen molar-refractivity contribution in [1.29, 1.82) is 0 Å². The van der Waals surface area contributed by atoms with Crippen LogP contribution in [0.5, 0.6) is 0 Å². The monoisotopic (exact) mass is 333 g/mol. The van der Waals surface area contributed by atoms with E-state index in [2.05, 4.69) is 5.32 Å². The quantitative estimate of drug-likeness (QED) is 0.895. The van der Waals surface area contributed by atoms with Crippen molar-refractivity contribution in [2.24, 2.45) is 0 Å². The Kier molecular flexibility index (Phi) is 4.13. The molecule has 5 nitrogen and oxygen atoms in total. The van der Waals surface area contributed by atoms with Crippen LogP contribution in [0.25, 0.3) is 0 Å². The zero-order valence-electron chi connectivity index (χ0n) is 12.6. The van der Waals surface area contributed by atoms with Crippen molar-refractivity contribution in [2.45, 2.75) is 32.2 Å². The number of amides is 1. The molecule has 3 rings (SSSR count). The molecule has 0 spiro atoms. The highest BCUT2D eigenvalue weighted by molar-refractivity contribution is 6.30. The summed E-state index contributed by atoms with van der Waals surface area (Å²) in [6.07, 6.45) is 2.05. The number of rotatable bonds is 4. The molecule has 120 valence electrons. The minimum Gasteiger partial charge on any atom is -0.478 e. The zero-order valence-corrected chi connectivity index (χ0v) is 13.3. The van der Waals surface area contributed by atoms with E-state index < -0.39 is 11.9 Å². The number of furan rings is 1. The van der Waals surface area contributed by atoms with Crippen LogP contribution in [0.15, 0.2) is 28.7 Å². The standard InChI is InChI=1S/C17H16ClNO4/c1-2-14-12(17(21)22)8-15(23-14)16(20)19-13-6-3-9-7-10(18)4-5-11(9)13/h4-5,7-8,13H,2-3,6H2,1H3,(H,19,20)(H,21,22). The largest absolute Gasteiger partial charge is 0.478 e. The van der Waals surface area contributed by atoms with Gasteiger partial charge in [0.1, 0.15) is 11.3 Å². The lowest BCUT2D eigenvalue weighted by Crippen LogP contribution is -2.26. The van der Waals surface area contributed by atoms with Crippen molar-refractivity contribution >= 4 is 23.5 Å². The Bertz CT molecular complexity index is 781. The van der Waals surface area contributed by atoms with Gasteiger partial charge in [0.15, 0.2) is 5.76 Å². The molecule has 0 fully saturated rings. The molecule has 23 heavy (non-hydrogen) atoms. The fraction of sp³-hybridized carbons (Fsp3) is 0.294. The molecule has 0 bridgehead atoms. The van der Waals surface area contributed by atoms with Crippen LogP contribution in [0.3, 0.4) is 0 Å². The highest BCUT2D eigenvalue weighted by Crippen LogP contribution is 2.33. The number of nitrogens with one attached hydrogen (secondary N) is 1. The number of aryl methyl sites for hydroxylation is 2. The van der Waals surface area contributed by atoms with Crippen molar-refractivity contribution in [3.05, 3.63) is 57.5 Å². The van der Waals surface area contributed by atoms with E-state index in [4.69, 9.17) is 21.1 Å². The highest BCUT2D eigenvalue weighted by Gasteiger charge is 2.27. The summed E-state index contributed by atoms with van der Waals surface area (Å²) in [4.78, 5) is 23.5. The molecule has 6 heteroatoms. The summed E-state index contributed by atoms with van der Waals surface area (Å²) in [5.74, 6) is -1.16. The lowest BCUT2D eigenvalue weighted by Gasteiger charge is -2.13. The van der Waals surface area contributed by atoms with E-state index in [0.29, 0.717) is 17.2 Å². The van der Waals surface area contributed by atoms with Gasteiger partial charge in [0.2, 0.25) is 0 Å². The highest BCUT2D eigenvalue weighted by atomic mass is 35.5. The average molecular weight is 334 g/mol. The predicted molar refractivity (Wildman–Crippen MR) is 85.0 cm³/mol. The fourth-order valence-electron chi connectivity index (χ4n) is 2.95. The topological polar surface area (TPSA) is 79.5 Å². The van der Waals surface area contributed by atoms with E-state index in [9.17, 15) is 9.59 Å². The molecular weight excluding hydrogens is 318 g/mol. The first kappa shape index (κ1) is 15.6. The Labute approximate surface area is 138 Å². The van der Waals surface area contributed by atoms with Crippen molar-refractivity contribution in [2.75, 3.05) is 0 Å². The lowest BCUT2D eigenvalue weighted by molar-refractivity contribution is 0.0694. The number of hydrogen-bond acceptors (Lipinski definition) is 3. The van der Waals surface area contributed by atoms with E-state index in [1.807, 2.05) is 12.1 Å². The van der Waals surface area contributed by atoms with Crippen LogP contribution in [0.1, 0.15) is 57.2 Å². The number of aromatic carboxylic acids is 1. The van der Waals surface area contributed by atoms with E-state index >= 15 is 0 Å². The first-order valence-corrected chi connectivity index (χ1v) is 7.82. The van der Waals surface area contributed by atoms with Crippen LogP contribution in [-0.4, -0.2) is 17.0 Å². The van der Waals surface area contributed by atoms with Crippen molar-refractivity contribution in [3.8, 4) is 0 Å². The molecule has 2 N–H and O–H groups in total. The smallest absolute Gasteiger partial charge is 0.339 e. The van der Waals surface area contributed by atoms with Gasteiger partial charge >= 0.3 is 5.97 Å². The van der Waals surface area contributed by atoms with Gasteiger partial charge in [-0.25, -0.2) is 4.79 Å². The Hall–Kier alpha value is -2.27. The second-order valence-corrected chi connectivity index (χ2v) is 5.95. The van der Waals surface area contributed by atoms with Gasteiger partial charge in [-0.05, 0) is 36.1 Å². The molecule has 1 atom stereocenters. The number of carboxylic acids is 1. The molecule has 1 amide bonds. The Morgan fingerprint density at radius 3 is 2.83 bits per heavy atom. The van der Waals surface area contributed by atoms with Crippen molar-refractivity contribution in [3.63, 3.8) is 0 Å². The van der Waals surface area contributed by atoms with Gasteiger partial charge in [0.25, 0.3) is 5.91 Å². The molecule has 1 aliphatic carbocycles. The Balaban J connectivity index is 1.80. The van der Waals surface area contributed by atoms with Crippen LogP contribution in [0.4, 0.5) is 0 Å². The van der Waals surface area contributed by atoms with Gasteiger partial charge in [-0.2, -0.15) is 0 Å². The average Bonchev–Trinajstić information content (AvgIpc) is 3.11. The van der Waals surface area contributed by atoms with Gasteiger partial charge in [0, 0.05) is 17.5 Å². The summed E-state index contributed by atoms with van der Waals surface area (Å²) in [5.41, 5.74) is 2.21. The third kappa shape index (κ3) is 2.97. The van der Waals surface area contributed by atoms with Crippen molar-refractivity contribution in [1.82, 2.24) is 5.32 Å². The lowest BCUT2D eigenvalue weighted by atomic mass is 10.1. The maximum atomic E-state index is 12.4. The Morgan fingerprint density at radius 2 is 2.17 bits per heavy atom. The van der Waals surface area contributed by atoms with E-state index in [-0.39, 0.29) is 17.4 Å². The first-order chi connectivity index (χ1) is 11.0. The summed E-state index contributed by atoms with van der Waals surface area (Å²) in [6, 6.07) is 6.80. The number of carbonyl (C=O) groups is 2. The molecule has 1 aromatic heterocycles. The molecule has 1 aromatic carbocycles. The number of carboxylic acid groups (broad SMARTS) is 1. The number of carbonyl (C=O) groups excluding carboxylic acids is 1. The third-order valence-corrected chi connectivity index (χ3v) is 4.31. The van der Waals surface area contributed by atoms with Gasteiger partial charge in [0.05, 0.1) is 6.04 Å². The minimum atomic E-state index is -1.09. The van der Waals surface area contributed by atoms with Gasteiger partial charge in [-0.1, -0.05) is 24.6 Å². The molecule has 1 unspecified atom stereocenters. The summed E-state index contributed by atoms with van der Waals surface area (Å²) in [7, 11) is 0. The zero-order chi connectivity index (χ0) is 16.6. The van der Waals surface area contributed by atoms with Crippen LogP contribution >= 0.6 is 11.6 Å². The molecule has 0 aliphatic heterocycles. The first-order valence-electron chi connectivity index (χ1n) is 7.44. The number of hydrogen-bond donors (Lipinski definition) is 2. The summed E-state index contributed by atoms with van der Waals surface area (Å²) in [6.45, 7) is 1.78. The second-order valence-electron chi connectivity index (χ2n) is 5.51. The van der Waals surface area contributed by atoms with Crippen LogP contribution in [0.2, 0.25) is 5.02 Å². The van der Waals surface area contributed by atoms with Gasteiger partial charge in [-0.15, -0.1) is 0 Å². The number of benzene rings is 1. The molecule has 0 saturated carbocycles. The normalized spacial score (nSPS) is 16.2. The molecular formula is C17H16ClNO4.